The van der Waals surface area contributed by atoms with Gasteiger partial charge in [-0.05, 0) is 36.4 Å². The van der Waals surface area contributed by atoms with Gasteiger partial charge in [-0.15, -0.1) is 0 Å². The van der Waals surface area contributed by atoms with E-state index >= 15 is 0 Å². The Bertz CT molecular complexity index is 587. The van der Waals surface area contributed by atoms with Crippen LogP contribution in [0.25, 0.3) is 22.8 Å². The molecule has 0 aliphatic rings. The summed E-state index contributed by atoms with van der Waals surface area (Å²) in [5.74, 6) is 0. The second kappa shape index (κ2) is 6.35. The number of nitrogens with zero attached hydrogens (tertiary/aromatic N) is 3. The molecule has 0 atom stereocenters. The molecule has 94 valence electrons. The summed E-state index contributed by atoms with van der Waals surface area (Å²) in [4.78, 5) is 13.2. The van der Waals surface area contributed by atoms with Crippen molar-refractivity contribution < 1.29 is 21.1 Å². The SMILES string of the molecule is [Pt+2].c1ccc(-c2cccc(-c3ccccn3)n2)nc1. The van der Waals surface area contributed by atoms with Gasteiger partial charge in [0.25, 0.3) is 0 Å². The average Bonchev–Trinajstić information content (AvgIpc) is 2.49. The van der Waals surface area contributed by atoms with Gasteiger partial charge in [0.1, 0.15) is 0 Å². The summed E-state index contributed by atoms with van der Waals surface area (Å²) < 4.78 is 0. The Kier molecular flexibility index (Phi) is 4.53. The second-order valence-electron chi connectivity index (χ2n) is 3.84. The van der Waals surface area contributed by atoms with Crippen LogP contribution in [0, 0.1) is 0 Å². The van der Waals surface area contributed by atoms with E-state index in [0.29, 0.717) is 0 Å². The van der Waals surface area contributed by atoms with Crippen LogP contribution >= 0.6 is 0 Å². The van der Waals surface area contributed by atoms with E-state index in [4.69, 9.17) is 0 Å². The number of pyridine rings is 3. The maximum absolute atomic E-state index is 4.59. The molecule has 0 aromatic carbocycles. The summed E-state index contributed by atoms with van der Waals surface area (Å²) in [5.41, 5.74) is 3.46. The monoisotopic (exact) mass is 428 g/mol. The fraction of sp³-hybridized carbons (Fsp3) is 0. The Morgan fingerprint density at radius 3 is 1.42 bits per heavy atom. The first-order valence-corrected chi connectivity index (χ1v) is 5.73. The molecule has 4 heteroatoms. The Labute approximate surface area is 126 Å². The molecule has 0 N–H and O–H groups in total. The molecular formula is C15H11N3Pt+2. The predicted octanol–water partition coefficient (Wildman–Crippen LogP) is 3.20. The van der Waals surface area contributed by atoms with Gasteiger partial charge in [-0.2, -0.15) is 0 Å². The van der Waals surface area contributed by atoms with E-state index in [9.17, 15) is 0 Å². The molecule has 3 heterocycles. The minimum Gasteiger partial charge on any atom is -0.255 e. The first-order chi connectivity index (χ1) is 8.93. The molecule has 0 radical (unpaired) electrons. The zero-order chi connectivity index (χ0) is 12.2. The molecule has 19 heavy (non-hydrogen) atoms. The molecule has 0 saturated carbocycles. The van der Waals surface area contributed by atoms with Crippen molar-refractivity contribution in [3.63, 3.8) is 0 Å². The van der Waals surface area contributed by atoms with Crippen LogP contribution in [0.15, 0.2) is 67.0 Å². The van der Waals surface area contributed by atoms with E-state index in [2.05, 4.69) is 15.0 Å². The van der Waals surface area contributed by atoms with Crippen molar-refractivity contribution in [1.29, 1.82) is 0 Å². The van der Waals surface area contributed by atoms with Gasteiger partial charge < -0.3 is 0 Å². The van der Waals surface area contributed by atoms with Crippen molar-refractivity contribution in [2.75, 3.05) is 0 Å². The van der Waals surface area contributed by atoms with Crippen LogP contribution < -0.4 is 0 Å². The molecule has 0 spiro atoms. The topological polar surface area (TPSA) is 38.7 Å². The molecule has 0 unspecified atom stereocenters. The number of hydrogen-bond donors (Lipinski definition) is 0. The van der Waals surface area contributed by atoms with E-state index in [0.717, 1.165) is 22.8 Å². The van der Waals surface area contributed by atoms with Crippen LogP contribution in [-0.4, -0.2) is 15.0 Å². The third kappa shape index (κ3) is 3.12. The maximum atomic E-state index is 4.59. The van der Waals surface area contributed by atoms with E-state index in [1.807, 2.05) is 54.6 Å². The first kappa shape index (κ1) is 13.6. The normalized spacial score (nSPS) is 9.68. The Hall–Kier alpha value is -1.86. The molecule has 3 nitrogen and oxygen atoms in total. The maximum Gasteiger partial charge on any atom is 2.00 e. The van der Waals surface area contributed by atoms with Gasteiger partial charge in [0, 0.05) is 12.4 Å². The fourth-order valence-corrected chi connectivity index (χ4v) is 1.75. The summed E-state index contributed by atoms with van der Waals surface area (Å²) in [5, 5.41) is 0. The standard InChI is InChI=1S/C15H11N3.Pt/c1-3-10-16-12(6-1)14-8-5-9-15(18-14)13-7-2-4-11-17-13;/h1-11H;/q;+2. The zero-order valence-electron chi connectivity index (χ0n) is 10.0. The van der Waals surface area contributed by atoms with Crippen molar-refractivity contribution in [3.8, 4) is 22.8 Å². The van der Waals surface area contributed by atoms with Gasteiger partial charge >= 0.3 is 21.1 Å². The van der Waals surface area contributed by atoms with Crippen molar-refractivity contribution >= 4 is 0 Å². The smallest absolute Gasteiger partial charge is 0.255 e. The Morgan fingerprint density at radius 1 is 0.526 bits per heavy atom. The molecule has 0 aliphatic carbocycles. The van der Waals surface area contributed by atoms with E-state index in [-0.39, 0.29) is 21.1 Å². The molecule has 0 aliphatic heterocycles. The van der Waals surface area contributed by atoms with Crippen LogP contribution in [0.1, 0.15) is 0 Å². The summed E-state index contributed by atoms with van der Waals surface area (Å²) in [6, 6.07) is 17.5. The quantitative estimate of drug-likeness (QED) is 0.630. The minimum atomic E-state index is 0. The predicted molar refractivity (Wildman–Crippen MR) is 70.7 cm³/mol. The first-order valence-electron chi connectivity index (χ1n) is 5.73. The molecule has 0 saturated heterocycles. The van der Waals surface area contributed by atoms with Crippen molar-refractivity contribution in [2.45, 2.75) is 0 Å². The number of aromatic nitrogens is 3. The van der Waals surface area contributed by atoms with Gasteiger partial charge in [0.2, 0.25) is 0 Å². The van der Waals surface area contributed by atoms with Gasteiger partial charge in [-0.3, -0.25) is 9.97 Å². The molecular weight excluding hydrogens is 417 g/mol. The zero-order valence-corrected chi connectivity index (χ0v) is 12.3. The summed E-state index contributed by atoms with van der Waals surface area (Å²) in [6.45, 7) is 0. The largest absolute Gasteiger partial charge is 2.00 e. The van der Waals surface area contributed by atoms with Crippen LogP contribution in [0.3, 0.4) is 0 Å². The van der Waals surface area contributed by atoms with Gasteiger partial charge in [0.05, 0.1) is 22.8 Å². The van der Waals surface area contributed by atoms with Crippen LogP contribution in [0.5, 0.6) is 0 Å². The summed E-state index contributed by atoms with van der Waals surface area (Å²) in [7, 11) is 0. The molecule has 0 amide bonds. The molecule has 0 bridgehead atoms. The van der Waals surface area contributed by atoms with E-state index < -0.39 is 0 Å². The van der Waals surface area contributed by atoms with Crippen LogP contribution in [-0.2, 0) is 21.1 Å². The van der Waals surface area contributed by atoms with Crippen LogP contribution in [0.4, 0.5) is 0 Å². The van der Waals surface area contributed by atoms with Crippen molar-refractivity contribution in [1.82, 2.24) is 15.0 Å². The van der Waals surface area contributed by atoms with Gasteiger partial charge in [-0.25, -0.2) is 4.98 Å². The molecule has 3 aromatic rings. The Morgan fingerprint density at radius 2 is 1.00 bits per heavy atom. The van der Waals surface area contributed by atoms with Crippen molar-refractivity contribution in [3.05, 3.63) is 67.0 Å². The summed E-state index contributed by atoms with van der Waals surface area (Å²) >= 11 is 0. The van der Waals surface area contributed by atoms with Crippen molar-refractivity contribution in [2.24, 2.45) is 0 Å². The molecule has 3 rings (SSSR count). The van der Waals surface area contributed by atoms with Gasteiger partial charge in [0.15, 0.2) is 0 Å². The number of rotatable bonds is 2. The third-order valence-electron chi connectivity index (χ3n) is 2.60. The Balaban J connectivity index is 0.00000133. The molecule has 3 aromatic heterocycles. The van der Waals surface area contributed by atoms with E-state index in [1.165, 1.54) is 0 Å². The number of hydrogen-bond acceptors (Lipinski definition) is 3. The second-order valence-corrected chi connectivity index (χ2v) is 3.84. The third-order valence-corrected chi connectivity index (χ3v) is 2.60. The van der Waals surface area contributed by atoms with Gasteiger partial charge in [-0.1, -0.05) is 18.2 Å². The van der Waals surface area contributed by atoms with E-state index in [1.54, 1.807) is 12.4 Å². The fourth-order valence-electron chi connectivity index (χ4n) is 1.75. The van der Waals surface area contributed by atoms with Crippen LogP contribution in [0.2, 0.25) is 0 Å². The molecule has 0 fully saturated rings. The minimum absolute atomic E-state index is 0. The average molecular weight is 428 g/mol. The summed E-state index contributed by atoms with van der Waals surface area (Å²) in [6.07, 6.45) is 3.54.